The summed E-state index contributed by atoms with van der Waals surface area (Å²) in [7, 11) is 0. The Morgan fingerprint density at radius 1 is 1.47 bits per heavy atom. The van der Waals surface area contributed by atoms with E-state index in [0.29, 0.717) is 13.2 Å². The van der Waals surface area contributed by atoms with Crippen molar-refractivity contribution in [1.29, 1.82) is 0 Å². The zero-order valence-electron chi connectivity index (χ0n) is 11.2. The average molecular weight is 262 g/mol. The minimum atomic E-state index is -0.817. The highest BCUT2D eigenvalue weighted by Gasteiger charge is 2.33. The van der Waals surface area contributed by atoms with Crippen LogP contribution in [0.2, 0.25) is 0 Å². The summed E-state index contributed by atoms with van der Waals surface area (Å²) >= 11 is 0. The average Bonchev–Trinajstić information content (AvgIpc) is 2.75. The molecule has 1 aliphatic heterocycles. The molecule has 1 fully saturated rings. The highest BCUT2D eigenvalue weighted by atomic mass is 16.7. The van der Waals surface area contributed by atoms with Gasteiger partial charge >= 0.3 is 0 Å². The summed E-state index contributed by atoms with van der Waals surface area (Å²) in [4.78, 5) is 11.7. The smallest absolute Gasteiger partial charge is 0.245 e. The second kappa shape index (κ2) is 5.95. The fourth-order valence-corrected chi connectivity index (χ4v) is 1.92. The van der Waals surface area contributed by atoms with Gasteiger partial charge in [-0.05, 0) is 19.4 Å². The zero-order chi connectivity index (χ0) is 13.7. The standard InChI is InChI=1S/C14H18N2O3/c1-11-4-3-5-12(8-11)10-15-16-13(17)9-14(2)18-6-7-19-14/h3-5,8,10H,6-7,9H2,1-2H3,(H,16,17)/b15-10-. The van der Waals surface area contributed by atoms with Crippen molar-refractivity contribution in [2.24, 2.45) is 5.10 Å². The third-order valence-corrected chi connectivity index (χ3v) is 2.82. The first kappa shape index (κ1) is 13.7. The molecule has 0 aromatic heterocycles. The van der Waals surface area contributed by atoms with Crippen LogP contribution in [0.15, 0.2) is 29.4 Å². The lowest BCUT2D eigenvalue weighted by molar-refractivity contribution is -0.159. The molecule has 5 nitrogen and oxygen atoms in total. The summed E-state index contributed by atoms with van der Waals surface area (Å²) in [6.45, 7) is 4.81. The molecule has 1 saturated heterocycles. The molecule has 1 N–H and O–H groups in total. The minimum absolute atomic E-state index is 0.137. The Morgan fingerprint density at radius 3 is 2.89 bits per heavy atom. The van der Waals surface area contributed by atoms with Crippen LogP contribution in [0.3, 0.4) is 0 Å². The molecule has 1 aromatic rings. The molecule has 2 rings (SSSR count). The quantitative estimate of drug-likeness (QED) is 0.662. The van der Waals surface area contributed by atoms with E-state index in [9.17, 15) is 4.79 Å². The van der Waals surface area contributed by atoms with Crippen LogP contribution >= 0.6 is 0 Å². The van der Waals surface area contributed by atoms with Crippen LogP contribution in [0.25, 0.3) is 0 Å². The molecule has 0 atom stereocenters. The first-order valence-electron chi connectivity index (χ1n) is 6.24. The highest BCUT2D eigenvalue weighted by molar-refractivity contribution is 5.82. The number of amides is 1. The van der Waals surface area contributed by atoms with Gasteiger partial charge in [0, 0.05) is 0 Å². The van der Waals surface area contributed by atoms with Gasteiger partial charge < -0.3 is 9.47 Å². The number of nitrogens with one attached hydrogen (secondary N) is 1. The van der Waals surface area contributed by atoms with Crippen LogP contribution in [0.4, 0.5) is 0 Å². The predicted molar refractivity (Wildman–Crippen MR) is 71.8 cm³/mol. The van der Waals surface area contributed by atoms with Gasteiger partial charge in [-0.25, -0.2) is 5.43 Å². The van der Waals surface area contributed by atoms with Gasteiger partial charge in [-0.15, -0.1) is 0 Å². The van der Waals surface area contributed by atoms with Crippen LogP contribution < -0.4 is 5.43 Å². The molecule has 0 saturated carbocycles. The molecule has 1 heterocycles. The van der Waals surface area contributed by atoms with E-state index in [-0.39, 0.29) is 12.3 Å². The number of ether oxygens (including phenoxy) is 2. The summed E-state index contributed by atoms with van der Waals surface area (Å²) in [6.07, 6.45) is 1.75. The van der Waals surface area contributed by atoms with Crippen molar-refractivity contribution in [2.75, 3.05) is 13.2 Å². The second-order valence-electron chi connectivity index (χ2n) is 4.71. The Bertz CT molecular complexity index is 479. The molecule has 0 bridgehead atoms. The summed E-state index contributed by atoms with van der Waals surface area (Å²) in [5.74, 6) is -1.04. The van der Waals surface area contributed by atoms with Gasteiger partial charge in [-0.1, -0.05) is 29.8 Å². The maximum atomic E-state index is 11.7. The van der Waals surface area contributed by atoms with Crippen molar-refractivity contribution in [1.82, 2.24) is 5.43 Å². The molecule has 0 radical (unpaired) electrons. The maximum Gasteiger partial charge on any atom is 0.245 e. The Balaban J connectivity index is 1.83. The van der Waals surface area contributed by atoms with Gasteiger partial charge in [-0.2, -0.15) is 5.10 Å². The first-order chi connectivity index (χ1) is 9.07. The van der Waals surface area contributed by atoms with E-state index in [1.54, 1.807) is 13.1 Å². The Labute approximate surface area is 112 Å². The van der Waals surface area contributed by atoms with Crippen molar-refractivity contribution in [3.8, 4) is 0 Å². The third-order valence-electron chi connectivity index (χ3n) is 2.82. The number of hydrogen-bond acceptors (Lipinski definition) is 4. The van der Waals surface area contributed by atoms with E-state index in [2.05, 4.69) is 10.5 Å². The Hall–Kier alpha value is -1.72. The van der Waals surface area contributed by atoms with Crippen LogP contribution in [-0.4, -0.2) is 31.1 Å². The van der Waals surface area contributed by atoms with Crippen molar-refractivity contribution >= 4 is 12.1 Å². The number of hydrazone groups is 1. The summed E-state index contributed by atoms with van der Waals surface area (Å²) in [5, 5.41) is 3.92. The molecule has 19 heavy (non-hydrogen) atoms. The molecule has 0 spiro atoms. The fraction of sp³-hybridized carbons (Fsp3) is 0.429. The van der Waals surface area contributed by atoms with E-state index in [1.807, 2.05) is 31.2 Å². The molecular weight excluding hydrogens is 244 g/mol. The fourth-order valence-electron chi connectivity index (χ4n) is 1.92. The molecule has 0 unspecified atom stereocenters. The highest BCUT2D eigenvalue weighted by Crippen LogP contribution is 2.22. The van der Waals surface area contributed by atoms with E-state index in [0.717, 1.165) is 11.1 Å². The van der Waals surface area contributed by atoms with Crippen molar-refractivity contribution in [2.45, 2.75) is 26.1 Å². The molecular formula is C14H18N2O3. The molecule has 1 aliphatic rings. The number of carbonyl (C=O) groups is 1. The number of carbonyl (C=O) groups excluding carboxylic acids is 1. The summed E-state index contributed by atoms with van der Waals surface area (Å²) < 4.78 is 10.7. The van der Waals surface area contributed by atoms with Gasteiger partial charge in [-0.3, -0.25) is 4.79 Å². The van der Waals surface area contributed by atoms with Crippen LogP contribution in [-0.2, 0) is 14.3 Å². The van der Waals surface area contributed by atoms with Crippen molar-refractivity contribution < 1.29 is 14.3 Å². The summed E-state index contributed by atoms with van der Waals surface area (Å²) in [5.41, 5.74) is 4.57. The number of aryl methyl sites for hydroxylation is 1. The van der Waals surface area contributed by atoms with Crippen LogP contribution in [0.1, 0.15) is 24.5 Å². The molecule has 0 aliphatic carbocycles. The van der Waals surface area contributed by atoms with E-state index >= 15 is 0 Å². The molecule has 5 heteroatoms. The van der Waals surface area contributed by atoms with E-state index < -0.39 is 5.79 Å². The summed E-state index contributed by atoms with van der Waals surface area (Å²) in [6, 6.07) is 7.86. The zero-order valence-corrected chi connectivity index (χ0v) is 11.2. The lowest BCUT2D eigenvalue weighted by atomic mass is 10.2. The van der Waals surface area contributed by atoms with E-state index in [1.165, 1.54) is 0 Å². The van der Waals surface area contributed by atoms with Crippen molar-refractivity contribution in [3.05, 3.63) is 35.4 Å². The number of benzene rings is 1. The predicted octanol–water partition coefficient (Wildman–Crippen LogP) is 1.60. The largest absolute Gasteiger partial charge is 0.347 e. The van der Waals surface area contributed by atoms with Gasteiger partial charge in [0.1, 0.15) is 0 Å². The van der Waals surface area contributed by atoms with Gasteiger partial charge in [0.15, 0.2) is 5.79 Å². The number of rotatable bonds is 4. The topological polar surface area (TPSA) is 59.9 Å². The van der Waals surface area contributed by atoms with Crippen molar-refractivity contribution in [3.63, 3.8) is 0 Å². The number of hydrogen-bond donors (Lipinski definition) is 1. The van der Waals surface area contributed by atoms with Gasteiger partial charge in [0.05, 0.1) is 25.8 Å². The molecule has 102 valence electrons. The SMILES string of the molecule is Cc1cccc(/C=N\NC(=O)CC2(C)OCCO2)c1. The lowest BCUT2D eigenvalue weighted by Gasteiger charge is -2.20. The third kappa shape index (κ3) is 4.15. The first-order valence-corrected chi connectivity index (χ1v) is 6.24. The van der Waals surface area contributed by atoms with Gasteiger partial charge in [0.2, 0.25) is 5.91 Å². The molecule has 1 amide bonds. The maximum absolute atomic E-state index is 11.7. The normalized spacial score (nSPS) is 17.8. The number of nitrogens with zero attached hydrogens (tertiary/aromatic N) is 1. The van der Waals surface area contributed by atoms with Crippen LogP contribution in [0.5, 0.6) is 0 Å². The van der Waals surface area contributed by atoms with Gasteiger partial charge in [0.25, 0.3) is 0 Å². The Morgan fingerprint density at radius 2 is 2.21 bits per heavy atom. The lowest BCUT2D eigenvalue weighted by Crippen LogP contribution is -2.33. The van der Waals surface area contributed by atoms with Crippen LogP contribution in [0, 0.1) is 6.92 Å². The van der Waals surface area contributed by atoms with E-state index in [4.69, 9.17) is 9.47 Å². The Kier molecular flexibility index (Phi) is 4.29. The second-order valence-corrected chi connectivity index (χ2v) is 4.71. The minimum Gasteiger partial charge on any atom is -0.347 e. The molecule has 1 aromatic carbocycles. The monoisotopic (exact) mass is 262 g/mol.